The first kappa shape index (κ1) is 26.9. The van der Waals surface area contributed by atoms with Gasteiger partial charge in [0, 0.05) is 6.07 Å². The first-order chi connectivity index (χ1) is 21.0. The first-order valence-corrected chi connectivity index (χ1v) is 13.2. The number of hydrogen-bond acceptors (Lipinski definition) is 7. The average molecular weight is 567 g/mol. The Balaban J connectivity index is 1.29. The standard InChI is InChI=1S/C33H22N6O4/c34-19-23-13-11-22(12-14-23)15-16-31-35-30-10-2-1-9-29(30)32(40)39(31)27-7-4-8-28(18-27)43-21-25-20-38(37-36-25)26-6-3-5-24(17-26)33(41)42/h1-18,20H,21H2,(H,41,42)/b16-15+. The molecule has 0 saturated heterocycles. The van der Waals surface area contributed by atoms with E-state index in [-0.39, 0.29) is 17.7 Å². The van der Waals surface area contributed by atoms with Crippen molar-refractivity contribution in [1.29, 1.82) is 5.26 Å². The lowest BCUT2D eigenvalue weighted by molar-refractivity contribution is 0.0697. The SMILES string of the molecule is N#Cc1ccc(/C=C/c2nc3ccccc3c(=O)n2-c2cccc(OCc3cn(-c4cccc(C(=O)O)c4)nn3)c2)cc1. The molecule has 10 heteroatoms. The van der Waals surface area contributed by atoms with Gasteiger partial charge in [0.2, 0.25) is 0 Å². The maximum atomic E-state index is 13.7. The molecule has 0 unspecified atom stereocenters. The van der Waals surface area contributed by atoms with E-state index >= 15 is 0 Å². The molecule has 6 aromatic rings. The summed E-state index contributed by atoms with van der Waals surface area (Å²) in [5.41, 5.74) is 3.56. The van der Waals surface area contributed by atoms with Crippen LogP contribution in [0.1, 0.15) is 33.0 Å². The molecule has 43 heavy (non-hydrogen) atoms. The Kier molecular flexibility index (Phi) is 7.27. The topological polar surface area (TPSA) is 136 Å². The second-order valence-electron chi connectivity index (χ2n) is 9.49. The number of ether oxygens (including phenoxy) is 1. The third-order valence-corrected chi connectivity index (χ3v) is 6.63. The molecule has 0 spiro atoms. The highest BCUT2D eigenvalue weighted by Crippen LogP contribution is 2.21. The van der Waals surface area contributed by atoms with Crippen LogP contribution in [0.2, 0.25) is 0 Å². The highest BCUT2D eigenvalue weighted by Gasteiger charge is 2.13. The molecule has 0 atom stereocenters. The van der Waals surface area contributed by atoms with Crippen LogP contribution in [0.25, 0.3) is 34.4 Å². The number of carbonyl (C=O) groups is 1. The van der Waals surface area contributed by atoms with Crippen LogP contribution in [-0.2, 0) is 6.61 Å². The van der Waals surface area contributed by atoms with Crippen molar-refractivity contribution in [1.82, 2.24) is 24.5 Å². The van der Waals surface area contributed by atoms with Crippen molar-refractivity contribution in [2.24, 2.45) is 0 Å². The number of aromatic carboxylic acids is 1. The van der Waals surface area contributed by atoms with Crippen LogP contribution in [0.3, 0.4) is 0 Å². The largest absolute Gasteiger partial charge is 0.487 e. The zero-order valence-electron chi connectivity index (χ0n) is 22.5. The van der Waals surface area contributed by atoms with Gasteiger partial charge in [-0.2, -0.15) is 5.26 Å². The molecule has 0 aliphatic rings. The summed E-state index contributed by atoms with van der Waals surface area (Å²) >= 11 is 0. The van der Waals surface area contributed by atoms with Crippen LogP contribution in [0, 0.1) is 11.3 Å². The van der Waals surface area contributed by atoms with Crippen molar-refractivity contribution >= 4 is 29.0 Å². The van der Waals surface area contributed by atoms with E-state index in [1.807, 2.05) is 24.3 Å². The van der Waals surface area contributed by atoms with Crippen molar-refractivity contribution in [3.8, 4) is 23.2 Å². The molecule has 4 aromatic carbocycles. The predicted molar refractivity (Wildman–Crippen MR) is 160 cm³/mol. The van der Waals surface area contributed by atoms with Gasteiger partial charge >= 0.3 is 5.97 Å². The lowest BCUT2D eigenvalue weighted by Gasteiger charge is -2.13. The molecule has 2 aromatic heterocycles. The van der Waals surface area contributed by atoms with Crippen LogP contribution < -0.4 is 10.3 Å². The third-order valence-electron chi connectivity index (χ3n) is 6.63. The molecule has 0 amide bonds. The van der Waals surface area contributed by atoms with Crippen LogP contribution >= 0.6 is 0 Å². The highest BCUT2D eigenvalue weighted by molar-refractivity contribution is 5.88. The minimum atomic E-state index is -1.03. The van der Waals surface area contributed by atoms with Gasteiger partial charge in [-0.05, 0) is 66.2 Å². The first-order valence-electron chi connectivity index (χ1n) is 13.2. The minimum Gasteiger partial charge on any atom is -0.487 e. The number of carboxylic acids is 1. The van der Waals surface area contributed by atoms with Crippen molar-refractivity contribution in [3.05, 3.63) is 142 Å². The molecule has 0 saturated carbocycles. The zero-order valence-corrected chi connectivity index (χ0v) is 22.5. The number of rotatable bonds is 8. The lowest BCUT2D eigenvalue weighted by Crippen LogP contribution is -2.22. The van der Waals surface area contributed by atoms with E-state index in [0.717, 1.165) is 5.56 Å². The van der Waals surface area contributed by atoms with Gasteiger partial charge in [-0.15, -0.1) is 5.10 Å². The average Bonchev–Trinajstić information content (AvgIpc) is 3.52. The molecule has 2 heterocycles. The molecule has 0 bridgehead atoms. The van der Waals surface area contributed by atoms with E-state index in [2.05, 4.69) is 16.4 Å². The fourth-order valence-electron chi connectivity index (χ4n) is 4.49. The molecular weight excluding hydrogens is 544 g/mol. The molecule has 10 nitrogen and oxygen atoms in total. The summed E-state index contributed by atoms with van der Waals surface area (Å²) in [6.07, 6.45) is 5.26. The van der Waals surface area contributed by atoms with Gasteiger partial charge in [0.15, 0.2) is 0 Å². The molecule has 208 valence electrons. The van der Waals surface area contributed by atoms with Gasteiger partial charge in [0.25, 0.3) is 5.56 Å². The Morgan fingerprint density at radius 2 is 1.72 bits per heavy atom. The van der Waals surface area contributed by atoms with Crippen molar-refractivity contribution in [3.63, 3.8) is 0 Å². The Labute approximate surface area is 245 Å². The Bertz CT molecular complexity index is 2110. The summed E-state index contributed by atoms with van der Waals surface area (Å²) < 4.78 is 9.00. The van der Waals surface area contributed by atoms with Crippen molar-refractivity contribution < 1.29 is 14.6 Å². The molecule has 0 fully saturated rings. The summed E-state index contributed by atoms with van der Waals surface area (Å²) in [5.74, 6) is -0.0993. The lowest BCUT2D eigenvalue weighted by atomic mass is 10.1. The molecule has 1 N–H and O–H groups in total. The predicted octanol–water partition coefficient (Wildman–Crippen LogP) is 5.29. The number of nitrogens with zero attached hydrogens (tertiary/aromatic N) is 6. The number of nitriles is 1. The molecule has 0 radical (unpaired) electrons. The quantitative estimate of drug-likeness (QED) is 0.263. The maximum absolute atomic E-state index is 13.7. The number of para-hydroxylation sites is 1. The highest BCUT2D eigenvalue weighted by atomic mass is 16.5. The van der Waals surface area contributed by atoms with Crippen LogP contribution in [0.15, 0.2) is 108 Å². The number of hydrogen-bond donors (Lipinski definition) is 1. The van der Waals surface area contributed by atoms with E-state index in [0.29, 0.717) is 45.1 Å². The second kappa shape index (κ2) is 11.6. The van der Waals surface area contributed by atoms with Gasteiger partial charge in [0.05, 0.1) is 45.7 Å². The molecule has 6 rings (SSSR count). The van der Waals surface area contributed by atoms with E-state index in [1.54, 1.807) is 79.0 Å². The van der Waals surface area contributed by atoms with Crippen molar-refractivity contribution in [2.45, 2.75) is 6.61 Å². The van der Waals surface area contributed by atoms with Crippen LogP contribution in [0.5, 0.6) is 5.75 Å². The number of fused-ring (bicyclic) bond motifs is 1. The normalized spacial score (nSPS) is 11.0. The van der Waals surface area contributed by atoms with E-state index in [1.165, 1.54) is 21.4 Å². The summed E-state index contributed by atoms with van der Waals surface area (Å²) in [5, 5.41) is 27.0. The van der Waals surface area contributed by atoms with Gasteiger partial charge in [-0.3, -0.25) is 9.36 Å². The zero-order chi connectivity index (χ0) is 29.8. The van der Waals surface area contributed by atoms with Gasteiger partial charge in [-0.1, -0.05) is 47.7 Å². The number of benzene rings is 4. The number of aromatic nitrogens is 5. The summed E-state index contributed by atoms with van der Waals surface area (Å²) in [6, 6.07) is 29.9. The third kappa shape index (κ3) is 5.77. The maximum Gasteiger partial charge on any atom is 0.335 e. The molecule has 0 aliphatic carbocycles. The van der Waals surface area contributed by atoms with E-state index in [4.69, 9.17) is 15.0 Å². The number of carboxylic acid groups (broad SMARTS) is 1. The second-order valence-corrected chi connectivity index (χ2v) is 9.49. The monoisotopic (exact) mass is 566 g/mol. The van der Waals surface area contributed by atoms with Gasteiger partial charge in [-0.25, -0.2) is 14.5 Å². The van der Waals surface area contributed by atoms with Crippen LogP contribution in [-0.4, -0.2) is 35.6 Å². The van der Waals surface area contributed by atoms with E-state index < -0.39 is 5.97 Å². The van der Waals surface area contributed by atoms with Gasteiger partial charge < -0.3 is 9.84 Å². The minimum absolute atomic E-state index is 0.0956. The van der Waals surface area contributed by atoms with Gasteiger partial charge in [0.1, 0.15) is 23.9 Å². The fourth-order valence-corrected chi connectivity index (χ4v) is 4.49. The Morgan fingerprint density at radius 3 is 2.53 bits per heavy atom. The Hall–Kier alpha value is -6.34. The molecule has 0 aliphatic heterocycles. The summed E-state index contributed by atoms with van der Waals surface area (Å²) in [4.78, 5) is 29.8. The summed E-state index contributed by atoms with van der Waals surface area (Å²) in [6.45, 7) is 0.0956. The Morgan fingerprint density at radius 1 is 0.930 bits per heavy atom. The smallest absolute Gasteiger partial charge is 0.335 e. The summed E-state index contributed by atoms with van der Waals surface area (Å²) in [7, 11) is 0. The molecular formula is C33H22N6O4. The van der Waals surface area contributed by atoms with Crippen LogP contribution in [0.4, 0.5) is 0 Å². The van der Waals surface area contributed by atoms with E-state index in [9.17, 15) is 14.7 Å². The van der Waals surface area contributed by atoms with Crippen molar-refractivity contribution in [2.75, 3.05) is 0 Å². The fraction of sp³-hybridized carbons (Fsp3) is 0.0303.